The first-order valence-electron chi connectivity index (χ1n) is 10.0. The van der Waals surface area contributed by atoms with Crippen molar-refractivity contribution in [3.05, 3.63) is 18.0 Å². The van der Waals surface area contributed by atoms with Gasteiger partial charge in [-0.25, -0.2) is 9.59 Å². The molecule has 30 heavy (non-hydrogen) atoms. The van der Waals surface area contributed by atoms with E-state index < -0.39 is 23.4 Å². The standard InChI is InChI=1S/C21H33N3O6/c1-20(2,3)29-18(25)23-14-8-9-16(14)28-12-13-10-15(17(27-7)11-22-13)24-19(26)30-21(4,5)6/h10-11,14,16H,8-9,12H2,1-7H3,(H,23,25)(H,22,24,26)/t14-,16-/m1/s1. The molecule has 2 rings (SSSR count). The largest absolute Gasteiger partial charge is 0.493 e. The van der Waals surface area contributed by atoms with Crippen molar-refractivity contribution >= 4 is 17.9 Å². The van der Waals surface area contributed by atoms with Gasteiger partial charge in [0.25, 0.3) is 0 Å². The third kappa shape index (κ3) is 7.70. The van der Waals surface area contributed by atoms with Gasteiger partial charge >= 0.3 is 12.2 Å². The lowest BCUT2D eigenvalue weighted by Gasteiger charge is -2.37. The zero-order valence-corrected chi connectivity index (χ0v) is 18.8. The van der Waals surface area contributed by atoms with Crippen LogP contribution < -0.4 is 15.4 Å². The van der Waals surface area contributed by atoms with E-state index in [1.165, 1.54) is 13.3 Å². The minimum Gasteiger partial charge on any atom is -0.493 e. The molecular weight excluding hydrogens is 390 g/mol. The highest BCUT2D eigenvalue weighted by Gasteiger charge is 2.34. The average molecular weight is 424 g/mol. The fraction of sp³-hybridized carbons (Fsp3) is 0.667. The Hall–Kier alpha value is -2.55. The van der Waals surface area contributed by atoms with Crippen LogP contribution in [0.25, 0.3) is 0 Å². The van der Waals surface area contributed by atoms with E-state index in [1.807, 2.05) is 20.8 Å². The monoisotopic (exact) mass is 423 g/mol. The molecule has 1 heterocycles. The molecule has 0 aromatic carbocycles. The molecule has 1 aliphatic carbocycles. The fourth-order valence-electron chi connectivity index (χ4n) is 2.72. The summed E-state index contributed by atoms with van der Waals surface area (Å²) >= 11 is 0. The number of amides is 2. The Bertz CT molecular complexity index is 754. The van der Waals surface area contributed by atoms with E-state index in [0.29, 0.717) is 17.1 Å². The molecule has 0 aliphatic heterocycles. The maximum absolute atomic E-state index is 12.1. The van der Waals surface area contributed by atoms with Crippen LogP contribution in [0.15, 0.2) is 12.3 Å². The van der Waals surface area contributed by atoms with Gasteiger partial charge in [-0.2, -0.15) is 0 Å². The maximum atomic E-state index is 12.1. The third-order valence-electron chi connectivity index (χ3n) is 4.14. The van der Waals surface area contributed by atoms with Crippen LogP contribution in [-0.2, 0) is 20.8 Å². The van der Waals surface area contributed by atoms with Gasteiger partial charge in [-0.3, -0.25) is 10.3 Å². The van der Waals surface area contributed by atoms with Crippen molar-refractivity contribution in [1.82, 2.24) is 10.3 Å². The fourth-order valence-corrected chi connectivity index (χ4v) is 2.72. The van der Waals surface area contributed by atoms with E-state index in [0.717, 1.165) is 12.8 Å². The number of alkyl carbamates (subject to hydrolysis) is 1. The molecule has 0 bridgehead atoms. The first kappa shape index (κ1) is 23.7. The Labute approximate surface area is 177 Å². The Kier molecular flexibility index (Phi) is 7.52. The Morgan fingerprint density at radius 1 is 1.07 bits per heavy atom. The van der Waals surface area contributed by atoms with Gasteiger partial charge in [0.2, 0.25) is 0 Å². The van der Waals surface area contributed by atoms with E-state index in [2.05, 4.69) is 15.6 Å². The number of nitrogens with zero attached hydrogens (tertiary/aromatic N) is 1. The van der Waals surface area contributed by atoms with Crippen LogP contribution in [-0.4, -0.2) is 47.6 Å². The number of methoxy groups -OCH3 is 1. The third-order valence-corrected chi connectivity index (χ3v) is 4.14. The number of hydrogen-bond acceptors (Lipinski definition) is 7. The van der Waals surface area contributed by atoms with Crippen molar-refractivity contribution in [1.29, 1.82) is 0 Å². The number of ether oxygens (including phenoxy) is 4. The number of pyridine rings is 1. The summed E-state index contributed by atoms with van der Waals surface area (Å²) in [6.07, 6.45) is 2.02. The molecule has 1 saturated carbocycles. The number of nitrogens with one attached hydrogen (secondary N) is 2. The Morgan fingerprint density at radius 3 is 2.23 bits per heavy atom. The summed E-state index contributed by atoms with van der Waals surface area (Å²) < 4.78 is 21.7. The zero-order chi connectivity index (χ0) is 22.5. The second-order valence-electron chi connectivity index (χ2n) is 9.18. The van der Waals surface area contributed by atoms with Crippen molar-refractivity contribution in [3.63, 3.8) is 0 Å². The number of hydrogen-bond donors (Lipinski definition) is 2. The second-order valence-corrected chi connectivity index (χ2v) is 9.18. The number of aromatic nitrogens is 1. The average Bonchev–Trinajstić information content (AvgIpc) is 2.56. The van der Waals surface area contributed by atoms with Crippen molar-refractivity contribution in [2.75, 3.05) is 12.4 Å². The maximum Gasteiger partial charge on any atom is 0.412 e. The van der Waals surface area contributed by atoms with Crippen molar-refractivity contribution in [3.8, 4) is 5.75 Å². The predicted molar refractivity (Wildman–Crippen MR) is 112 cm³/mol. The van der Waals surface area contributed by atoms with Gasteiger partial charge in [-0.1, -0.05) is 0 Å². The van der Waals surface area contributed by atoms with Gasteiger partial charge in [0, 0.05) is 0 Å². The SMILES string of the molecule is COc1cnc(CO[C@@H]2CC[C@H]2NC(=O)OC(C)(C)C)cc1NC(=O)OC(C)(C)C. The first-order chi connectivity index (χ1) is 13.9. The Balaban J connectivity index is 1.92. The molecule has 0 spiro atoms. The highest BCUT2D eigenvalue weighted by molar-refractivity contribution is 5.86. The molecule has 2 amide bonds. The minimum absolute atomic E-state index is 0.0996. The number of anilines is 1. The number of carbonyl (C=O) groups is 2. The summed E-state index contributed by atoms with van der Waals surface area (Å²) in [6.45, 7) is 11.0. The molecular formula is C21H33N3O6. The molecule has 1 aliphatic rings. The van der Waals surface area contributed by atoms with Crippen LogP contribution in [0, 0.1) is 0 Å². The molecule has 1 fully saturated rings. The summed E-state index contributed by atoms with van der Waals surface area (Å²) in [5.41, 5.74) is -0.104. The van der Waals surface area contributed by atoms with Gasteiger partial charge in [0.15, 0.2) is 5.75 Å². The molecule has 2 N–H and O–H groups in total. The predicted octanol–water partition coefficient (Wildman–Crippen LogP) is 4.01. The summed E-state index contributed by atoms with van der Waals surface area (Å²) in [5, 5.41) is 5.51. The molecule has 0 unspecified atom stereocenters. The van der Waals surface area contributed by atoms with Gasteiger partial charge < -0.3 is 24.3 Å². The first-order valence-corrected chi connectivity index (χ1v) is 10.0. The van der Waals surface area contributed by atoms with Gasteiger partial charge in [-0.15, -0.1) is 0 Å². The van der Waals surface area contributed by atoms with E-state index in [1.54, 1.807) is 26.8 Å². The van der Waals surface area contributed by atoms with Gasteiger partial charge in [-0.05, 0) is 60.5 Å². The number of carbonyl (C=O) groups excluding carboxylic acids is 2. The van der Waals surface area contributed by atoms with E-state index in [9.17, 15) is 9.59 Å². The number of rotatable bonds is 6. The molecule has 0 saturated heterocycles. The van der Waals surface area contributed by atoms with E-state index >= 15 is 0 Å². The van der Waals surface area contributed by atoms with Gasteiger partial charge in [0.1, 0.15) is 11.2 Å². The molecule has 1 aromatic rings. The summed E-state index contributed by atoms with van der Waals surface area (Å²) in [5.74, 6) is 0.415. The smallest absolute Gasteiger partial charge is 0.412 e. The lowest BCUT2D eigenvalue weighted by atomic mass is 9.89. The minimum atomic E-state index is -0.614. The summed E-state index contributed by atoms with van der Waals surface area (Å²) in [4.78, 5) is 28.3. The summed E-state index contributed by atoms with van der Waals surface area (Å²) in [6, 6.07) is 1.58. The van der Waals surface area contributed by atoms with Crippen molar-refractivity contribution in [2.24, 2.45) is 0 Å². The van der Waals surface area contributed by atoms with Gasteiger partial charge in [0.05, 0.1) is 43.4 Å². The van der Waals surface area contributed by atoms with Crippen molar-refractivity contribution < 1.29 is 28.5 Å². The lowest BCUT2D eigenvalue weighted by Crippen LogP contribution is -2.52. The Morgan fingerprint density at radius 2 is 1.70 bits per heavy atom. The second kappa shape index (κ2) is 9.51. The van der Waals surface area contributed by atoms with Crippen LogP contribution in [0.1, 0.15) is 60.1 Å². The highest BCUT2D eigenvalue weighted by Crippen LogP contribution is 2.28. The normalized spacial score (nSPS) is 18.8. The zero-order valence-electron chi connectivity index (χ0n) is 18.8. The molecule has 0 radical (unpaired) electrons. The van der Waals surface area contributed by atoms with Crippen molar-refractivity contribution in [2.45, 2.75) is 84.3 Å². The molecule has 9 heteroatoms. The van der Waals surface area contributed by atoms with E-state index in [4.69, 9.17) is 18.9 Å². The van der Waals surface area contributed by atoms with E-state index in [-0.39, 0.29) is 18.8 Å². The van der Waals surface area contributed by atoms with Crippen LogP contribution >= 0.6 is 0 Å². The van der Waals surface area contributed by atoms with Crippen LogP contribution in [0.4, 0.5) is 15.3 Å². The quantitative estimate of drug-likeness (QED) is 0.712. The van der Waals surface area contributed by atoms with Crippen LogP contribution in [0.2, 0.25) is 0 Å². The summed E-state index contributed by atoms with van der Waals surface area (Å²) in [7, 11) is 1.49. The lowest BCUT2D eigenvalue weighted by molar-refractivity contribution is -0.0401. The van der Waals surface area contributed by atoms with Crippen LogP contribution in [0.5, 0.6) is 5.75 Å². The molecule has 9 nitrogen and oxygen atoms in total. The highest BCUT2D eigenvalue weighted by atomic mass is 16.6. The van der Waals surface area contributed by atoms with Crippen LogP contribution in [0.3, 0.4) is 0 Å². The molecule has 1 aromatic heterocycles. The topological polar surface area (TPSA) is 108 Å². The molecule has 2 atom stereocenters. The molecule has 168 valence electrons.